The van der Waals surface area contributed by atoms with Gasteiger partial charge in [0.05, 0.1) is 5.69 Å². The van der Waals surface area contributed by atoms with Crippen molar-refractivity contribution in [3.8, 4) is 27.9 Å². The third kappa shape index (κ3) is 5.20. The summed E-state index contributed by atoms with van der Waals surface area (Å²) in [6, 6.07) is 42.7. The lowest BCUT2D eigenvalue weighted by molar-refractivity contribution is 0.766. The third-order valence-electron chi connectivity index (χ3n) is 6.72. The molecule has 0 spiro atoms. The van der Waals surface area contributed by atoms with E-state index in [9.17, 15) is 0 Å². The molecule has 0 amide bonds. The summed E-state index contributed by atoms with van der Waals surface area (Å²) >= 11 is 0. The molecule has 0 aliphatic carbocycles. The first kappa shape index (κ1) is 24.5. The van der Waals surface area contributed by atoms with E-state index in [0.717, 1.165) is 42.5 Å². The fourth-order valence-electron chi connectivity index (χ4n) is 5.19. The second kappa shape index (κ2) is 11.7. The highest BCUT2D eigenvalue weighted by Gasteiger charge is 2.23. The van der Waals surface area contributed by atoms with E-state index >= 15 is 0 Å². The predicted molar refractivity (Wildman–Crippen MR) is 156 cm³/mol. The molecule has 0 saturated carbocycles. The van der Waals surface area contributed by atoms with Gasteiger partial charge in [-0.05, 0) is 59.4 Å². The molecule has 5 rings (SSSR count). The predicted octanol–water partition coefficient (Wildman–Crippen LogP) is 8.95. The molecule has 0 aliphatic heterocycles. The van der Waals surface area contributed by atoms with E-state index in [1.807, 2.05) is 6.07 Å². The van der Waals surface area contributed by atoms with Crippen molar-refractivity contribution in [1.29, 1.82) is 0 Å². The number of benzene rings is 4. The van der Waals surface area contributed by atoms with Crippen molar-refractivity contribution in [2.45, 2.75) is 39.5 Å². The summed E-state index contributed by atoms with van der Waals surface area (Å²) in [6.45, 7) is 4.55. The van der Waals surface area contributed by atoms with Gasteiger partial charge >= 0.3 is 0 Å². The summed E-state index contributed by atoms with van der Waals surface area (Å²) in [5, 5.41) is 0. The zero-order chi connectivity index (χ0) is 25.5. The quantitative estimate of drug-likeness (QED) is 0.210. The molecule has 0 unspecified atom stereocenters. The molecule has 5 aromatic rings. The molecule has 1 aromatic heterocycles. The van der Waals surface area contributed by atoms with Crippen LogP contribution in [0.15, 0.2) is 126 Å². The van der Waals surface area contributed by atoms with Gasteiger partial charge in [-0.3, -0.25) is 4.57 Å². The van der Waals surface area contributed by atoms with Crippen LogP contribution in [0.1, 0.15) is 37.9 Å². The van der Waals surface area contributed by atoms with Gasteiger partial charge in [0.15, 0.2) is 0 Å². The maximum atomic E-state index is 5.39. The van der Waals surface area contributed by atoms with Crippen molar-refractivity contribution < 1.29 is 0 Å². The van der Waals surface area contributed by atoms with Crippen molar-refractivity contribution in [2.75, 3.05) is 0 Å². The first-order chi connectivity index (χ1) is 18.3. The topological polar surface area (TPSA) is 17.3 Å². The van der Waals surface area contributed by atoms with E-state index in [1.165, 1.54) is 33.5 Å². The number of rotatable bonds is 8. The molecule has 37 heavy (non-hydrogen) atoms. The lowest BCUT2D eigenvalue weighted by Gasteiger charge is -2.26. The zero-order valence-corrected chi connectivity index (χ0v) is 21.8. The van der Waals surface area contributed by atoms with Crippen molar-refractivity contribution in [1.82, 2.24) is 4.57 Å². The first-order valence-electron chi connectivity index (χ1n) is 13.4. The smallest absolute Gasteiger partial charge is 0.146 e. The number of pyridine rings is 1. The second-order valence-corrected chi connectivity index (χ2v) is 9.35. The summed E-state index contributed by atoms with van der Waals surface area (Å²) in [5.74, 6) is 0. The van der Waals surface area contributed by atoms with Crippen LogP contribution in [0.4, 0.5) is 5.69 Å². The van der Waals surface area contributed by atoms with Crippen molar-refractivity contribution in [2.24, 2.45) is 4.99 Å². The standard InChI is InChI=1S/C35H34N2/c1-3-17-31-32(18-4-2)37(30-25-15-8-16-26-30)35(36-29-23-13-7-14-24-29)34(28-21-11-6-12-22-28)33(31)27-19-9-5-10-20-27/h5-16,19-26H,3-4,17-18H2,1-2H3. The minimum Gasteiger partial charge on any atom is -0.298 e. The molecule has 1 heterocycles. The monoisotopic (exact) mass is 482 g/mol. The Hall–Kier alpha value is -4.17. The van der Waals surface area contributed by atoms with Crippen molar-refractivity contribution in [3.05, 3.63) is 138 Å². The highest BCUT2D eigenvalue weighted by molar-refractivity contribution is 5.86. The second-order valence-electron chi connectivity index (χ2n) is 9.35. The summed E-state index contributed by atoms with van der Waals surface area (Å²) in [5.41, 5.74) is 10.8. The van der Waals surface area contributed by atoms with Gasteiger partial charge in [-0.1, -0.05) is 124 Å². The Morgan fingerprint density at radius 3 is 1.57 bits per heavy atom. The van der Waals surface area contributed by atoms with Gasteiger partial charge in [-0.25, -0.2) is 4.99 Å². The van der Waals surface area contributed by atoms with E-state index < -0.39 is 0 Å². The molecule has 4 aromatic carbocycles. The van der Waals surface area contributed by atoms with Crippen LogP contribution in [-0.2, 0) is 12.8 Å². The highest BCUT2D eigenvalue weighted by Crippen LogP contribution is 2.37. The van der Waals surface area contributed by atoms with Gasteiger partial charge in [0.25, 0.3) is 0 Å². The highest BCUT2D eigenvalue weighted by atomic mass is 15.0. The number of hydrogen-bond donors (Lipinski definition) is 0. The number of aromatic nitrogens is 1. The minimum absolute atomic E-state index is 0.953. The molecule has 0 aliphatic rings. The Bertz CT molecular complexity index is 1500. The number of hydrogen-bond acceptors (Lipinski definition) is 1. The fraction of sp³-hybridized carbons (Fsp3) is 0.171. The van der Waals surface area contributed by atoms with E-state index in [-0.39, 0.29) is 0 Å². The summed E-state index contributed by atoms with van der Waals surface area (Å²) in [7, 11) is 0. The molecule has 0 saturated heterocycles. The lowest BCUT2D eigenvalue weighted by Crippen LogP contribution is -2.28. The normalized spacial score (nSPS) is 11.6. The Morgan fingerprint density at radius 2 is 1.03 bits per heavy atom. The molecule has 2 heteroatoms. The first-order valence-corrected chi connectivity index (χ1v) is 13.4. The van der Waals surface area contributed by atoms with E-state index in [2.05, 4.69) is 134 Å². The largest absolute Gasteiger partial charge is 0.298 e. The Kier molecular flexibility index (Phi) is 7.76. The molecule has 0 radical (unpaired) electrons. The molecule has 0 fully saturated rings. The average Bonchev–Trinajstić information content (AvgIpc) is 2.96. The van der Waals surface area contributed by atoms with Crippen LogP contribution >= 0.6 is 0 Å². The van der Waals surface area contributed by atoms with Crippen LogP contribution in [0.2, 0.25) is 0 Å². The van der Waals surface area contributed by atoms with E-state index in [4.69, 9.17) is 4.99 Å². The molecule has 184 valence electrons. The van der Waals surface area contributed by atoms with Gasteiger partial charge in [0.1, 0.15) is 5.49 Å². The Morgan fingerprint density at radius 1 is 0.541 bits per heavy atom. The summed E-state index contributed by atoms with van der Waals surface area (Å²) in [6.07, 6.45) is 4.14. The summed E-state index contributed by atoms with van der Waals surface area (Å²) < 4.78 is 2.43. The van der Waals surface area contributed by atoms with Crippen LogP contribution in [0.25, 0.3) is 27.9 Å². The molecule has 0 bridgehead atoms. The van der Waals surface area contributed by atoms with E-state index in [0.29, 0.717) is 0 Å². The maximum absolute atomic E-state index is 5.39. The van der Waals surface area contributed by atoms with Crippen LogP contribution in [0, 0.1) is 0 Å². The minimum atomic E-state index is 0.953. The molecule has 2 nitrogen and oxygen atoms in total. The molecular formula is C35H34N2. The van der Waals surface area contributed by atoms with Gasteiger partial charge in [0, 0.05) is 16.9 Å². The van der Waals surface area contributed by atoms with Gasteiger partial charge in [0.2, 0.25) is 0 Å². The SMILES string of the molecule is CCCc1c(-c2ccccc2)c(-c2ccccc2)c(=Nc2ccccc2)n(-c2ccccc2)c1CCC. The van der Waals surface area contributed by atoms with Gasteiger partial charge in [-0.2, -0.15) is 0 Å². The fourth-order valence-corrected chi connectivity index (χ4v) is 5.19. The Balaban J connectivity index is 2.06. The molecular weight excluding hydrogens is 448 g/mol. The Labute approximate surface area is 220 Å². The van der Waals surface area contributed by atoms with Crippen LogP contribution in [0.5, 0.6) is 0 Å². The van der Waals surface area contributed by atoms with Crippen LogP contribution in [-0.4, -0.2) is 4.57 Å². The van der Waals surface area contributed by atoms with Crippen molar-refractivity contribution in [3.63, 3.8) is 0 Å². The van der Waals surface area contributed by atoms with Crippen LogP contribution in [0.3, 0.4) is 0 Å². The van der Waals surface area contributed by atoms with Gasteiger partial charge < -0.3 is 0 Å². The maximum Gasteiger partial charge on any atom is 0.146 e. The number of nitrogens with zero attached hydrogens (tertiary/aromatic N) is 2. The molecule has 0 atom stereocenters. The number of para-hydroxylation sites is 2. The van der Waals surface area contributed by atoms with Crippen molar-refractivity contribution >= 4 is 5.69 Å². The average molecular weight is 483 g/mol. The van der Waals surface area contributed by atoms with Crippen LogP contribution < -0.4 is 5.49 Å². The summed E-state index contributed by atoms with van der Waals surface area (Å²) in [4.78, 5) is 5.39. The van der Waals surface area contributed by atoms with Gasteiger partial charge in [-0.15, -0.1) is 0 Å². The molecule has 0 N–H and O–H groups in total. The lowest BCUT2D eigenvalue weighted by atomic mass is 9.87. The zero-order valence-electron chi connectivity index (χ0n) is 21.8. The van der Waals surface area contributed by atoms with E-state index in [1.54, 1.807) is 0 Å². The third-order valence-corrected chi connectivity index (χ3v) is 6.72.